The first-order chi connectivity index (χ1) is 17.8. The topological polar surface area (TPSA) is 68.0 Å². The van der Waals surface area contributed by atoms with Crippen LogP contribution in [-0.4, -0.2) is 24.6 Å². The molecule has 196 valence electrons. The van der Waals surface area contributed by atoms with Crippen molar-refractivity contribution >= 4 is 11.6 Å². The van der Waals surface area contributed by atoms with Crippen LogP contribution in [0, 0.1) is 31.5 Å². The molecule has 0 saturated heterocycles. The van der Waals surface area contributed by atoms with Crippen LogP contribution >= 0.6 is 0 Å². The number of nitrogens with zero attached hydrogens (tertiary/aromatic N) is 5. The van der Waals surface area contributed by atoms with Gasteiger partial charge in [-0.25, -0.2) is 9.37 Å². The van der Waals surface area contributed by atoms with Crippen LogP contribution in [0.25, 0.3) is 16.8 Å². The largest absolute Gasteiger partial charge is 0.351 e. The van der Waals surface area contributed by atoms with Gasteiger partial charge in [-0.1, -0.05) is 46.2 Å². The van der Waals surface area contributed by atoms with E-state index in [9.17, 15) is 4.39 Å². The van der Waals surface area contributed by atoms with Crippen molar-refractivity contribution in [2.75, 3.05) is 5.32 Å². The van der Waals surface area contributed by atoms with Crippen LogP contribution in [0.15, 0.2) is 36.8 Å². The Morgan fingerprint density at radius 2 is 1.78 bits per heavy atom. The van der Waals surface area contributed by atoms with Gasteiger partial charge in [0, 0.05) is 40.8 Å². The molecular formula is C30H39FN6. The third-order valence-electron chi connectivity index (χ3n) is 7.36. The molecule has 0 aliphatic rings. The van der Waals surface area contributed by atoms with Crippen molar-refractivity contribution in [3.8, 4) is 11.1 Å². The van der Waals surface area contributed by atoms with Crippen LogP contribution in [0.1, 0.15) is 75.0 Å². The number of nitrogens with one attached hydrogen (secondary N) is 1. The van der Waals surface area contributed by atoms with Gasteiger partial charge < -0.3 is 5.32 Å². The Hall–Kier alpha value is -3.35. The molecule has 0 amide bonds. The highest BCUT2D eigenvalue weighted by Gasteiger charge is 2.17. The van der Waals surface area contributed by atoms with Crippen LogP contribution < -0.4 is 5.32 Å². The summed E-state index contributed by atoms with van der Waals surface area (Å²) in [7, 11) is 0. The maximum absolute atomic E-state index is 15.0. The van der Waals surface area contributed by atoms with Crippen LogP contribution in [0.3, 0.4) is 0 Å². The van der Waals surface area contributed by atoms with Crippen molar-refractivity contribution in [2.24, 2.45) is 11.8 Å². The van der Waals surface area contributed by atoms with Crippen molar-refractivity contribution < 1.29 is 4.39 Å². The Kier molecular flexibility index (Phi) is 8.52. The molecule has 3 aromatic heterocycles. The molecule has 0 fully saturated rings. The number of aromatic nitrogens is 5. The summed E-state index contributed by atoms with van der Waals surface area (Å²) in [5, 5.41) is 11.9. The Morgan fingerprint density at radius 1 is 0.973 bits per heavy atom. The fraction of sp³-hybridized carbons (Fsp3) is 0.467. The summed E-state index contributed by atoms with van der Waals surface area (Å²) in [6.45, 7) is 13.3. The molecule has 1 N–H and O–H groups in total. The Labute approximate surface area is 219 Å². The number of anilines is 1. The molecular weight excluding hydrogens is 463 g/mol. The van der Waals surface area contributed by atoms with Crippen molar-refractivity contribution in [3.05, 3.63) is 70.7 Å². The minimum atomic E-state index is -0.187. The number of halogens is 1. The van der Waals surface area contributed by atoms with Gasteiger partial charge in [0.15, 0.2) is 5.65 Å². The summed E-state index contributed by atoms with van der Waals surface area (Å²) in [5.41, 5.74) is 7.51. The van der Waals surface area contributed by atoms with E-state index in [1.165, 1.54) is 0 Å². The zero-order chi connectivity index (χ0) is 26.5. The zero-order valence-electron chi connectivity index (χ0n) is 23.0. The van der Waals surface area contributed by atoms with Crippen LogP contribution in [0.4, 0.5) is 10.3 Å². The Morgan fingerprint density at radius 3 is 2.51 bits per heavy atom. The van der Waals surface area contributed by atoms with Gasteiger partial charge in [0.05, 0.1) is 0 Å². The van der Waals surface area contributed by atoms with E-state index in [-0.39, 0.29) is 5.82 Å². The summed E-state index contributed by atoms with van der Waals surface area (Å²) in [5.74, 6) is 1.65. The van der Waals surface area contributed by atoms with Gasteiger partial charge in [0.2, 0.25) is 5.95 Å². The second-order valence-electron chi connectivity index (χ2n) is 10.6. The summed E-state index contributed by atoms with van der Waals surface area (Å²) in [4.78, 5) is 9.52. The molecule has 3 heterocycles. The lowest BCUT2D eigenvalue weighted by molar-refractivity contribution is 0.512. The summed E-state index contributed by atoms with van der Waals surface area (Å²) >= 11 is 0. The molecule has 7 heteroatoms. The van der Waals surface area contributed by atoms with E-state index in [0.29, 0.717) is 35.5 Å². The summed E-state index contributed by atoms with van der Waals surface area (Å²) in [6.07, 6.45) is 8.56. The molecule has 37 heavy (non-hydrogen) atoms. The van der Waals surface area contributed by atoms with Gasteiger partial charge in [0.1, 0.15) is 12.1 Å². The maximum Gasteiger partial charge on any atom is 0.210 e. The average molecular weight is 503 g/mol. The molecule has 0 aliphatic carbocycles. The monoisotopic (exact) mass is 502 g/mol. The van der Waals surface area contributed by atoms with E-state index >= 15 is 0 Å². The SMILES string of the molecule is CCC(C)CCc1c(C)ccc(F)c1CNc1ncc(-c2ccc(CCC(C)C)nc2C)c2nncn12. The second kappa shape index (κ2) is 11.8. The second-order valence-corrected chi connectivity index (χ2v) is 10.6. The summed E-state index contributed by atoms with van der Waals surface area (Å²) < 4.78 is 16.8. The Bertz CT molecular complexity index is 1360. The van der Waals surface area contributed by atoms with Crippen molar-refractivity contribution in [3.63, 3.8) is 0 Å². The fourth-order valence-corrected chi connectivity index (χ4v) is 4.70. The quantitative estimate of drug-likeness (QED) is 0.236. The van der Waals surface area contributed by atoms with Crippen molar-refractivity contribution in [1.82, 2.24) is 24.6 Å². The smallest absolute Gasteiger partial charge is 0.210 e. The molecule has 4 rings (SSSR count). The van der Waals surface area contributed by atoms with E-state index in [1.54, 1.807) is 18.6 Å². The molecule has 1 aromatic carbocycles. The van der Waals surface area contributed by atoms with Crippen LogP contribution in [-0.2, 0) is 19.4 Å². The molecule has 0 bridgehead atoms. The predicted octanol–water partition coefficient (Wildman–Crippen LogP) is 7.12. The van der Waals surface area contributed by atoms with E-state index in [2.05, 4.69) is 67.2 Å². The van der Waals surface area contributed by atoms with Gasteiger partial charge in [0.25, 0.3) is 0 Å². The van der Waals surface area contributed by atoms with Gasteiger partial charge in [-0.05, 0) is 74.6 Å². The first-order valence-corrected chi connectivity index (χ1v) is 13.4. The number of benzene rings is 1. The number of pyridine rings is 1. The van der Waals surface area contributed by atoms with Gasteiger partial charge >= 0.3 is 0 Å². The maximum atomic E-state index is 15.0. The molecule has 1 unspecified atom stereocenters. The molecule has 6 nitrogen and oxygen atoms in total. The lowest BCUT2D eigenvalue weighted by Gasteiger charge is -2.17. The molecule has 1 atom stereocenters. The third-order valence-corrected chi connectivity index (χ3v) is 7.36. The zero-order valence-corrected chi connectivity index (χ0v) is 23.0. The standard InChI is InChI=1S/C30H39FN6/c1-7-20(4)9-13-24-21(5)10-15-28(31)26(24)16-32-30-33-17-27(29-36-34-18-37(29)30)25-14-12-23(35-22(25)6)11-8-19(2)3/h10,12,14-15,17-20H,7-9,11,13,16H2,1-6H3,(H,32,33). The fourth-order valence-electron chi connectivity index (χ4n) is 4.70. The number of rotatable bonds is 11. The first kappa shape index (κ1) is 26.7. The summed E-state index contributed by atoms with van der Waals surface area (Å²) in [6, 6.07) is 7.62. The minimum Gasteiger partial charge on any atom is -0.351 e. The molecule has 0 aliphatic heterocycles. The number of aryl methyl sites for hydroxylation is 3. The highest BCUT2D eigenvalue weighted by Crippen LogP contribution is 2.28. The van der Waals surface area contributed by atoms with E-state index < -0.39 is 0 Å². The molecule has 0 saturated carbocycles. The molecule has 0 radical (unpaired) electrons. The van der Waals surface area contributed by atoms with Gasteiger partial charge in [-0.2, -0.15) is 0 Å². The highest BCUT2D eigenvalue weighted by atomic mass is 19.1. The van der Waals surface area contributed by atoms with E-state index in [0.717, 1.165) is 65.7 Å². The third kappa shape index (κ3) is 6.14. The molecule has 4 aromatic rings. The average Bonchev–Trinajstić information content (AvgIpc) is 3.37. The van der Waals surface area contributed by atoms with Crippen molar-refractivity contribution in [1.29, 1.82) is 0 Å². The first-order valence-electron chi connectivity index (χ1n) is 13.4. The predicted molar refractivity (Wildman–Crippen MR) is 148 cm³/mol. The Balaban J connectivity index is 1.59. The molecule has 0 spiro atoms. The van der Waals surface area contributed by atoms with Crippen LogP contribution in [0.2, 0.25) is 0 Å². The van der Waals surface area contributed by atoms with Gasteiger partial charge in [-0.15, -0.1) is 10.2 Å². The van der Waals surface area contributed by atoms with Crippen molar-refractivity contribution in [2.45, 2.75) is 80.2 Å². The number of hydrogen-bond acceptors (Lipinski definition) is 5. The van der Waals surface area contributed by atoms with E-state index in [4.69, 9.17) is 4.98 Å². The van der Waals surface area contributed by atoms with E-state index in [1.807, 2.05) is 17.4 Å². The van der Waals surface area contributed by atoms with Crippen LogP contribution in [0.5, 0.6) is 0 Å². The minimum absolute atomic E-state index is 0.187. The number of fused-ring (bicyclic) bond motifs is 1. The number of hydrogen-bond donors (Lipinski definition) is 1. The lowest BCUT2D eigenvalue weighted by Crippen LogP contribution is -2.12. The highest BCUT2D eigenvalue weighted by molar-refractivity contribution is 5.79. The van der Waals surface area contributed by atoms with Gasteiger partial charge in [-0.3, -0.25) is 9.38 Å². The lowest BCUT2D eigenvalue weighted by atomic mass is 9.92. The normalized spacial score (nSPS) is 12.4.